The van der Waals surface area contributed by atoms with E-state index < -0.39 is 11.5 Å². The fourth-order valence-corrected chi connectivity index (χ4v) is 3.77. The van der Waals surface area contributed by atoms with E-state index in [9.17, 15) is 9.59 Å². The summed E-state index contributed by atoms with van der Waals surface area (Å²) in [6.07, 6.45) is 3.00. The Balaban J connectivity index is 2.22. The van der Waals surface area contributed by atoms with Gasteiger partial charge in [0.05, 0.1) is 26.9 Å². The highest BCUT2D eigenvalue weighted by atomic mass is 35.5. The SMILES string of the molecule is C=C1C(OC)=CC(OC)=C(Cl)C2=C1C(=O)C1(O2)C(OC)=CC(=O)CC1C. The Morgan fingerprint density at radius 1 is 1.19 bits per heavy atom. The minimum Gasteiger partial charge on any atom is -0.496 e. The average molecular weight is 379 g/mol. The Bertz CT molecular complexity index is 844. The van der Waals surface area contributed by atoms with Crippen LogP contribution in [-0.4, -0.2) is 38.5 Å². The van der Waals surface area contributed by atoms with Gasteiger partial charge in [0.25, 0.3) is 0 Å². The lowest BCUT2D eigenvalue weighted by atomic mass is 9.74. The van der Waals surface area contributed by atoms with Gasteiger partial charge in [-0.15, -0.1) is 0 Å². The molecule has 138 valence electrons. The van der Waals surface area contributed by atoms with Gasteiger partial charge in [-0.1, -0.05) is 25.1 Å². The van der Waals surface area contributed by atoms with Crippen molar-refractivity contribution < 1.29 is 28.5 Å². The molecule has 0 amide bonds. The third-order valence-electron chi connectivity index (χ3n) is 4.85. The zero-order chi connectivity index (χ0) is 19.2. The van der Waals surface area contributed by atoms with E-state index in [-0.39, 0.29) is 45.9 Å². The van der Waals surface area contributed by atoms with Crippen molar-refractivity contribution in [3.63, 3.8) is 0 Å². The predicted octanol–water partition coefficient (Wildman–Crippen LogP) is 2.91. The van der Waals surface area contributed by atoms with E-state index in [1.54, 1.807) is 13.0 Å². The van der Waals surface area contributed by atoms with Crippen LogP contribution in [-0.2, 0) is 28.5 Å². The molecule has 0 saturated carbocycles. The second kappa shape index (κ2) is 6.36. The van der Waals surface area contributed by atoms with Gasteiger partial charge in [-0.3, -0.25) is 9.59 Å². The van der Waals surface area contributed by atoms with Gasteiger partial charge in [-0.25, -0.2) is 0 Å². The molecule has 0 radical (unpaired) electrons. The summed E-state index contributed by atoms with van der Waals surface area (Å²) in [5.74, 6) is -0.0430. The number of halogens is 1. The zero-order valence-corrected chi connectivity index (χ0v) is 15.7. The molecule has 0 N–H and O–H groups in total. The fraction of sp³-hybridized carbons (Fsp3) is 0.368. The third-order valence-corrected chi connectivity index (χ3v) is 5.21. The molecule has 0 aromatic heterocycles. The lowest BCUT2D eigenvalue weighted by Gasteiger charge is -2.37. The monoisotopic (exact) mass is 378 g/mol. The van der Waals surface area contributed by atoms with Gasteiger partial charge in [0.15, 0.2) is 17.3 Å². The molecule has 2 atom stereocenters. The van der Waals surface area contributed by atoms with E-state index in [1.165, 1.54) is 27.4 Å². The van der Waals surface area contributed by atoms with Gasteiger partial charge in [0, 0.05) is 30.1 Å². The van der Waals surface area contributed by atoms with Crippen LogP contribution in [0.25, 0.3) is 0 Å². The lowest BCUT2D eigenvalue weighted by Crippen LogP contribution is -2.49. The van der Waals surface area contributed by atoms with Crippen LogP contribution in [0.4, 0.5) is 0 Å². The van der Waals surface area contributed by atoms with E-state index in [4.69, 9.17) is 30.5 Å². The lowest BCUT2D eigenvalue weighted by molar-refractivity contribution is -0.138. The standard InChI is InChI=1S/C19H19ClO6/c1-9-6-11(21)7-14(25-5)19(9)18(22)15-10(2)12(23-3)8-13(24-4)16(20)17(15)26-19/h7-9H,2,6H2,1,3-5H3. The van der Waals surface area contributed by atoms with Gasteiger partial charge >= 0.3 is 0 Å². The third kappa shape index (κ3) is 2.32. The Kier molecular flexibility index (Phi) is 4.48. The van der Waals surface area contributed by atoms with Gasteiger partial charge in [0.1, 0.15) is 16.6 Å². The first-order valence-corrected chi connectivity index (χ1v) is 8.36. The molecule has 0 fully saturated rings. The summed E-state index contributed by atoms with van der Waals surface area (Å²) in [6.45, 7) is 5.73. The molecule has 0 bridgehead atoms. The van der Waals surface area contributed by atoms with Crippen LogP contribution in [0.15, 0.2) is 57.9 Å². The quantitative estimate of drug-likeness (QED) is 0.752. The van der Waals surface area contributed by atoms with E-state index in [0.29, 0.717) is 11.3 Å². The molecule has 6 nitrogen and oxygen atoms in total. The Labute approximate surface area is 156 Å². The zero-order valence-electron chi connectivity index (χ0n) is 15.0. The van der Waals surface area contributed by atoms with Crippen molar-refractivity contribution in [1.82, 2.24) is 0 Å². The number of rotatable bonds is 3. The molecule has 1 aliphatic heterocycles. The first-order valence-electron chi connectivity index (χ1n) is 7.98. The molecular formula is C19H19ClO6. The van der Waals surface area contributed by atoms with Crippen LogP contribution in [0, 0.1) is 5.92 Å². The summed E-state index contributed by atoms with van der Waals surface area (Å²) in [5.41, 5.74) is -0.945. The first kappa shape index (κ1) is 18.3. The Hall–Kier alpha value is -2.47. The number of ketones is 2. The van der Waals surface area contributed by atoms with Crippen molar-refractivity contribution in [1.29, 1.82) is 0 Å². The topological polar surface area (TPSA) is 71.1 Å². The number of allylic oxidation sites excluding steroid dienone is 4. The van der Waals surface area contributed by atoms with Crippen molar-refractivity contribution >= 4 is 23.2 Å². The van der Waals surface area contributed by atoms with Gasteiger partial charge < -0.3 is 18.9 Å². The number of methoxy groups -OCH3 is 3. The average Bonchev–Trinajstić information content (AvgIpc) is 2.87. The highest BCUT2D eigenvalue weighted by molar-refractivity contribution is 6.33. The minimum atomic E-state index is -1.47. The number of hydrogen-bond donors (Lipinski definition) is 0. The number of carbonyl (C=O) groups is 2. The van der Waals surface area contributed by atoms with Gasteiger partial charge in [-0.05, 0) is 0 Å². The fourth-order valence-electron chi connectivity index (χ4n) is 3.51. The maximum Gasteiger partial charge on any atom is 0.231 e. The van der Waals surface area contributed by atoms with Crippen LogP contribution in [0.5, 0.6) is 0 Å². The van der Waals surface area contributed by atoms with E-state index >= 15 is 0 Å². The molecule has 26 heavy (non-hydrogen) atoms. The molecule has 7 heteroatoms. The van der Waals surface area contributed by atoms with E-state index in [0.717, 1.165) is 0 Å². The molecule has 3 rings (SSSR count). The first-order chi connectivity index (χ1) is 12.3. The predicted molar refractivity (Wildman–Crippen MR) is 93.8 cm³/mol. The molecule has 0 aromatic carbocycles. The maximum atomic E-state index is 13.5. The molecule has 2 unspecified atom stereocenters. The van der Waals surface area contributed by atoms with E-state index in [1.807, 2.05) is 0 Å². The highest BCUT2D eigenvalue weighted by Gasteiger charge is 2.60. The number of Topliss-reactive ketones (excluding diaryl/α,β-unsaturated/α-hetero) is 1. The van der Waals surface area contributed by atoms with Crippen LogP contribution in [0.2, 0.25) is 0 Å². The van der Waals surface area contributed by atoms with E-state index in [2.05, 4.69) is 6.58 Å². The Morgan fingerprint density at radius 3 is 2.46 bits per heavy atom. The smallest absolute Gasteiger partial charge is 0.231 e. The van der Waals surface area contributed by atoms with Crippen LogP contribution >= 0.6 is 11.6 Å². The second-order valence-corrected chi connectivity index (χ2v) is 6.61. The Morgan fingerprint density at radius 2 is 1.88 bits per heavy atom. The van der Waals surface area contributed by atoms with Crippen LogP contribution < -0.4 is 0 Å². The van der Waals surface area contributed by atoms with Crippen molar-refractivity contribution in [3.8, 4) is 0 Å². The molecule has 0 aromatic rings. The number of carbonyl (C=O) groups excluding carboxylic acids is 2. The van der Waals surface area contributed by atoms with Crippen molar-refractivity contribution in [2.75, 3.05) is 21.3 Å². The number of ether oxygens (including phenoxy) is 4. The summed E-state index contributed by atoms with van der Waals surface area (Å²) in [5, 5.41) is 0.125. The van der Waals surface area contributed by atoms with Crippen molar-refractivity contribution in [3.05, 3.63) is 57.9 Å². The maximum absolute atomic E-state index is 13.5. The summed E-state index contributed by atoms with van der Waals surface area (Å²) >= 11 is 6.46. The molecule has 1 heterocycles. The summed E-state index contributed by atoms with van der Waals surface area (Å²) < 4.78 is 22.1. The van der Waals surface area contributed by atoms with Crippen molar-refractivity contribution in [2.24, 2.45) is 5.92 Å². The second-order valence-electron chi connectivity index (χ2n) is 6.23. The molecule has 1 spiro atoms. The summed E-state index contributed by atoms with van der Waals surface area (Å²) in [7, 11) is 4.30. The molecule has 0 saturated heterocycles. The molecule has 3 aliphatic rings. The van der Waals surface area contributed by atoms with Crippen LogP contribution in [0.3, 0.4) is 0 Å². The van der Waals surface area contributed by atoms with Gasteiger partial charge in [0.2, 0.25) is 11.4 Å². The van der Waals surface area contributed by atoms with Crippen LogP contribution in [0.1, 0.15) is 13.3 Å². The largest absolute Gasteiger partial charge is 0.496 e. The number of hydrogen-bond acceptors (Lipinski definition) is 6. The summed E-state index contributed by atoms with van der Waals surface area (Å²) in [6, 6.07) is 0. The summed E-state index contributed by atoms with van der Waals surface area (Å²) in [4.78, 5) is 25.4. The highest BCUT2D eigenvalue weighted by Crippen LogP contribution is 2.51. The van der Waals surface area contributed by atoms with Crippen molar-refractivity contribution in [2.45, 2.75) is 18.9 Å². The minimum absolute atomic E-state index is 0.125. The normalized spacial score (nSPS) is 28.5. The van der Waals surface area contributed by atoms with Gasteiger partial charge in [-0.2, -0.15) is 0 Å². The molecular weight excluding hydrogens is 360 g/mol. The molecule has 2 aliphatic carbocycles.